The number of esters is 1. The van der Waals surface area contributed by atoms with Crippen molar-refractivity contribution in [1.82, 2.24) is 10.2 Å². The predicted octanol–water partition coefficient (Wildman–Crippen LogP) is 6.77. The van der Waals surface area contributed by atoms with Crippen LogP contribution in [0.5, 0.6) is 5.75 Å². The number of non-ortho nitro benzene ring substituents is 1. The van der Waals surface area contributed by atoms with E-state index in [1.165, 1.54) is 54.8 Å². The topological polar surface area (TPSA) is 137 Å². The average molecular weight is 578 g/mol. The van der Waals surface area contributed by atoms with Gasteiger partial charge in [-0.1, -0.05) is 52.4 Å². The minimum Gasteiger partial charge on any atom is -0.465 e. The Morgan fingerprint density at radius 3 is 2.29 bits per heavy atom. The highest BCUT2D eigenvalue weighted by Crippen LogP contribution is 2.20. The van der Waals surface area contributed by atoms with Crippen LogP contribution in [-0.2, 0) is 14.3 Å². The molecule has 1 aromatic rings. The maximum atomic E-state index is 12.4. The van der Waals surface area contributed by atoms with Crippen LogP contribution in [-0.4, -0.2) is 60.3 Å². The summed E-state index contributed by atoms with van der Waals surface area (Å²) in [6, 6.07) is 5.31. The Bertz CT molecular complexity index is 932. The fourth-order valence-corrected chi connectivity index (χ4v) is 4.70. The van der Waals surface area contributed by atoms with Crippen LogP contribution in [0.3, 0.4) is 0 Å². The summed E-state index contributed by atoms with van der Waals surface area (Å²) >= 11 is 0. The summed E-state index contributed by atoms with van der Waals surface area (Å²) in [6.45, 7) is 5.96. The lowest BCUT2D eigenvalue weighted by molar-refractivity contribution is -0.384. The number of ether oxygens (including phenoxy) is 3. The summed E-state index contributed by atoms with van der Waals surface area (Å²) in [5.41, 5.74) is -0.0808. The fraction of sp³-hybridized carbons (Fsp3) is 0.700. The van der Waals surface area contributed by atoms with Crippen LogP contribution in [0.1, 0.15) is 97.3 Å². The number of carbonyl (C=O) groups is 3. The van der Waals surface area contributed by atoms with Gasteiger partial charge < -0.3 is 24.4 Å². The number of rotatable bonds is 18. The quantitative estimate of drug-likeness (QED) is 0.0873. The highest BCUT2D eigenvalue weighted by Gasteiger charge is 2.26. The lowest BCUT2D eigenvalue weighted by Crippen LogP contribution is -2.43. The number of alkyl carbamates (subject to hydrolysis) is 1. The van der Waals surface area contributed by atoms with Crippen molar-refractivity contribution in [2.75, 3.05) is 26.2 Å². The zero-order chi connectivity index (χ0) is 29.9. The Kier molecular flexibility index (Phi) is 16.2. The van der Waals surface area contributed by atoms with E-state index in [1.807, 2.05) is 6.92 Å². The number of hydrogen-bond acceptors (Lipinski definition) is 8. The van der Waals surface area contributed by atoms with E-state index < -0.39 is 17.1 Å². The molecule has 1 aliphatic heterocycles. The Morgan fingerprint density at radius 2 is 1.63 bits per heavy atom. The molecule has 0 bridgehead atoms. The summed E-state index contributed by atoms with van der Waals surface area (Å²) in [5.74, 6) is 0.169. The minimum absolute atomic E-state index is 0.00956. The van der Waals surface area contributed by atoms with Gasteiger partial charge in [0.2, 0.25) is 0 Å². The summed E-state index contributed by atoms with van der Waals surface area (Å²) < 4.78 is 16.2. The first-order valence-electron chi connectivity index (χ1n) is 15.2. The number of nitro benzene ring substituents is 1. The van der Waals surface area contributed by atoms with Crippen molar-refractivity contribution in [2.45, 2.75) is 103 Å². The van der Waals surface area contributed by atoms with Crippen molar-refractivity contribution >= 4 is 23.8 Å². The molecule has 1 atom stereocenters. The predicted molar refractivity (Wildman–Crippen MR) is 155 cm³/mol. The SMILES string of the molecule is CCCCCCCC(CC)C(=O)OCCCCCCNC(=O)OC1CCN(C(=O)Oc2ccc([N+](=O)[O-])cc2)CC1. The number of likely N-dealkylation sites (tertiary alicyclic amines) is 1. The van der Waals surface area contributed by atoms with Crippen molar-refractivity contribution in [3.05, 3.63) is 34.4 Å². The third-order valence-electron chi connectivity index (χ3n) is 7.29. The molecule has 2 rings (SSSR count). The van der Waals surface area contributed by atoms with Gasteiger partial charge >= 0.3 is 18.2 Å². The van der Waals surface area contributed by atoms with Crippen molar-refractivity contribution in [3.8, 4) is 5.75 Å². The molecule has 1 saturated heterocycles. The van der Waals surface area contributed by atoms with E-state index in [2.05, 4.69) is 12.2 Å². The van der Waals surface area contributed by atoms with E-state index in [4.69, 9.17) is 14.2 Å². The molecule has 1 N–H and O–H groups in total. The minimum atomic E-state index is -0.542. The van der Waals surface area contributed by atoms with Crippen LogP contribution in [0.25, 0.3) is 0 Å². The number of nitrogens with zero attached hydrogens (tertiary/aromatic N) is 2. The van der Waals surface area contributed by atoms with Gasteiger partial charge in [-0.25, -0.2) is 9.59 Å². The van der Waals surface area contributed by atoms with E-state index in [1.54, 1.807) is 0 Å². The zero-order valence-corrected chi connectivity index (χ0v) is 24.6. The number of piperidine rings is 1. The van der Waals surface area contributed by atoms with Crippen LogP contribution in [0.4, 0.5) is 15.3 Å². The lowest BCUT2D eigenvalue weighted by atomic mass is 9.98. The normalized spacial score (nSPS) is 14.2. The smallest absolute Gasteiger partial charge is 0.415 e. The lowest BCUT2D eigenvalue weighted by Gasteiger charge is -2.30. The molecule has 11 heteroatoms. The van der Waals surface area contributed by atoms with Gasteiger partial charge in [0.1, 0.15) is 11.9 Å². The first-order chi connectivity index (χ1) is 19.8. The summed E-state index contributed by atoms with van der Waals surface area (Å²) in [4.78, 5) is 48.5. The van der Waals surface area contributed by atoms with Crippen LogP contribution < -0.4 is 10.1 Å². The van der Waals surface area contributed by atoms with Gasteiger partial charge in [-0.3, -0.25) is 14.9 Å². The third kappa shape index (κ3) is 13.7. The molecule has 1 heterocycles. The van der Waals surface area contributed by atoms with E-state index in [9.17, 15) is 24.5 Å². The van der Waals surface area contributed by atoms with E-state index >= 15 is 0 Å². The zero-order valence-electron chi connectivity index (χ0n) is 24.6. The first-order valence-corrected chi connectivity index (χ1v) is 15.2. The van der Waals surface area contributed by atoms with Crippen LogP contribution >= 0.6 is 0 Å². The van der Waals surface area contributed by atoms with Crippen LogP contribution in [0, 0.1) is 16.0 Å². The van der Waals surface area contributed by atoms with Gasteiger partial charge in [-0.15, -0.1) is 0 Å². The summed E-state index contributed by atoms with van der Waals surface area (Å²) in [6.07, 6.45) is 10.9. The van der Waals surface area contributed by atoms with Crippen molar-refractivity contribution in [3.63, 3.8) is 0 Å². The standard InChI is InChI=1S/C30H47N3O8/c1-3-5-6-7-10-13-24(4-2)28(34)39-23-12-9-8-11-20-31-29(35)40-27-18-21-32(22-19-27)30(36)41-26-16-14-25(15-17-26)33(37)38/h14-17,24,27H,3-13,18-23H2,1-2H3,(H,31,35). The number of unbranched alkanes of at least 4 members (excludes halogenated alkanes) is 7. The van der Waals surface area contributed by atoms with Gasteiger partial charge in [0, 0.05) is 44.6 Å². The van der Waals surface area contributed by atoms with E-state index in [-0.39, 0.29) is 29.4 Å². The molecule has 0 radical (unpaired) electrons. The van der Waals surface area contributed by atoms with Gasteiger partial charge in [0.15, 0.2) is 0 Å². The number of benzene rings is 1. The monoisotopic (exact) mass is 577 g/mol. The van der Waals surface area contributed by atoms with Gasteiger partial charge in [-0.2, -0.15) is 0 Å². The number of nitrogens with one attached hydrogen (secondary N) is 1. The van der Waals surface area contributed by atoms with Crippen molar-refractivity contribution < 1.29 is 33.5 Å². The Morgan fingerprint density at radius 1 is 0.976 bits per heavy atom. The van der Waals surface area contributed by atoms with Gasteiger partial charge in [0.25, 0.3) is 5.69 Å². The molecule has 230 valence electrons. The second-order valence-corrected chi connectivity index (χ2v) is 10.5. The van der Waals surface area contributed by atoms with Crippen molar-refractivity contribution in [1.29, 1.82) is 0 Å². The Balaban J connectivity index is 1.48. The number of hydrogen-bond donors (Lipinski definition) is 1. The molecule has 1 aromatic carbocycles. The molecule has 0 spiro atoms. The number of nitro groups is 1. The second-order valence-electron chi connectivity index (χ2n) is 10.5. The molecule has 1 unspecified atom stereocenters. The summed E-state index contributed by atoms with van der Waals surface area (Å²) in [5, 5.41) is 13.5. The maximum absolute atomic E-state index is 12.4. The van der Waals surface area contributed by atoms with Crippen LogP contribution in [0.2, 0.25) is 0 Å². The van der Waals surface area contributed by atoms with Crippen molar-refractivity contribution in [2.24, 2.45) is 5.92 Å². The average Bonchev–Trinajstić information content (AvgIpc) is 2.96. The molecule has 0 aliphatic carbocycles. The number of carbonyl (C=O) groups excluding carboxylic acids is 3. The van der Waals surface area contributed by atoms with E-state index in [0.717, 1.165) is 44.9 Å². The third-order valence-corrected chi connectivity index (χ3v) is 7.29. The first kappa shape index (κ1) is 33.8. The highest BCUT2D eigenvalue weighted by atomic mass is 16.6. The number of amides is 2. The van der Waals surface area contributed by atoms with Crippen LogP contribution in [0.15, 0.2) is 24.3 Å². The second kappa shape index (κ2) is 19.7. The summed E-state index contributed by atoms with van der Waals surface area (Å²) in [7, 11) is 0. The molecule has 1 fully saturated rings. The molecule has 0 saturated carbocycles. The molecule has 1 aliphatic rings. The van der Waals surface area contributed by atoms with Gasteiger partial charge in [-0.05, 0) is 44.2 Å². The molecule has 11 nitrogen and oxygen atoms in total. The highest BCUT2D eigenvalue weighted by molar-refractivity contribution is 5.72. The fourth-order valence-electron chi connectivity index (χ4n) is 4.70. The molecule has 2 amide bonds. The Labute approximate surface area is 243 Å². The molecule has 41 heavy (non-hydrogen) atoms. The molecular weight excluding hydrogens is 530 g/mol. The van der Waals surface area contributed by atoms with Gasteiger partial charge in [0.05, 0.1) is 17.4 Å². The maximum Gasteiger partial charge on any atom is 0.415 e. The van der Waals surface area contributed by atoms with E-state index in [0.29, 0.717) is 39.1 Å². The largest absolute Gasteiger partial charge is 0.465 e. The molecule has 0 aromatic heterocycles. The molecular formula is C30H47N3O8. The Hall–Kier alpha value is -3.37.